The van der Waals surface area contributed by atoms with Gasteiger partial charge in [0.15, 0.2) is 0 Å². The SMILES string of the molecule is CC(C)Cc1c(-c2ccc(F)c3ccccc23)noc1N. The second-order valence-electron chi connectivity index (χ2n) is 5.61. The lowest BCUT2D eigenvalue weighted by atomic mass is 9.95. The number of rotatable bonds is 3. The summed E-state index contributed by atoms with van der Waals surface area (Å²) in [4.78, 5) is 0. The quantitative estimate of drug-likeness (QED) is 0.774. The van der Waals surface area contributed by atoms with Crippen LogP contribution < -0.4 is 5.73 Å². The first-order valence-corrected chi connectivity index (χ1v) is 6.99. The van der Waals surface area contributed by atoms with E-state index in [2.05, 4.69) is 19.0 Å². The van der Waals surface area contributed by atoms with Gasteiger partial charge in [-0.1, -0.05) is 43.3 Å². The van der Waals surface area contributed by atoms with E-state index in [0.717, 1.165) is 22.9 Å². The molecule has 0 aliphatic carbocycles. The predicted molar refractivity (Wildman–Crippen MR) is 82.4 cm³/mol. The molecule has 1 heterocycles. The van der Waals surface area contributed by atoms with Crippen LogP contribution in [0.3, 0.4) is 0 Å². The Morgan fingerprint density at radius 1 is 1.14 bits per heavy atom. The van der Waals surface area contributed by atoms with Gasteiger partial charge >= 0.3 is 0 Å². The number of nitrogens with two attached hydrogens (primary N) is 1. The van der Waals surface area contributed by atoms with Crippen molar-refractivity contribution < 1.29 is 8.91 Å². The highest BCUT2D eigenvalue weighted by molar-refractivity contribution is 5.97. The van der Waals surface area contributed by atoms with E-state index in [1.165, 1.54) is 6.07 Å². The zero-order valence-electron chi connectivity index (χ0n) is 12.1. The largest absolute Gasteiger partial charge is 0.367 e. The maximum Gasteiger partial charge on any atom is 0.225 e. The van der Waals surface area contributed by atoms with Crippen LogP contribution in [0, 0.1) is 11.7 Å². The molecule has 0 saturated heterocycles. The van der Waals surface area contributed by atoms with Gasteiger partial charge in [0.2, 0.25) is 5.88 Å². The average molecular weight is 284 g/mol. The van der Waals surface area contributed by atoms with Crippen molar-refractivity contribution in [3.8, 4) is 11.3 Å². The van der Waals surface area contributed by atoms with Crippen LogP contribution in [-0.2, 0) is 6.42 Å². The van der Waals surface area contributed by atoms with E-state index in [1.807, 2.05) is 18.2 Å². The van der Waals surface area contributed by atoms with Gasteiger partial charge in [0.1, 0.15) is 11.5 Å². The highest BCUT2D eigenvalue weighted by Crippen LogP contribution is 2.34. The number of aromatic nitrogens is 1. The van der Waals surface area contributed by atoms with Crippen LogP contribution in [0.25, 0.3) is 22.0 Å². The molecule has 0 radical (unpaired) electrons. The Balaban J connectivity index is 2.24. The Morgan fingerprint density at radius 2 is 1.86 bits per heavy atom. The monoisotopic (exact) mass is 284 g/mol. The summed E-state index contributed by atoms with van der Waals surface area (Å²) in [6.45, 7) is 4.22. The summed E-state index contributed by atoms with van der Waals surface area (Å²) in [7, 11) is 0. The van der Waals surface area contributed by atoms with E-state index in [0.29, 0.717) is 22.9 Å². The van der Waals surface area contributed by atoms with Crippen LogP contribution in [0.15, 0.2) is 40.9 Å². The van der Waals surface area contributed by atoms with Gasteiger partial charge in [-0.25, -0.2) is 4.39 Å². The third-order valence-electron chi connectivity index (χ3n) is 3.56. The fraction of sp³-hybridized carbons (Fsp3) is 0.235. The molecule has 0 atom stereocenters. The Hall–Kier alpha value is -2.36. The third-order valence-corrected chi connectivity index (χ3v) is 3.56. The lowest BCUT2D eigenvalue weighted by Crippen LogP contribution is -1.99. The molecule has 4 heteroatoms. The number of anilines is 1. The maximum absolute atomic E-state index is 13.9. The van der Waals surface area contributed by atoms with E-state index in [1.54, 1.807) is 12.1 Å². The number of nitrogen functional groups attached to an aromatic ring is 1. The topological polar surface area (TPSA) is 52.0 Å². The van der Waals surface area contributed by atoms with E-state index in [4.69, 9.17) is 10.3 Å². The number of halogens is 1. The molecule has 0 aliphatic heterocycles. The number of fused-ring (bicyclic) bond motifs is 1. The highest BCUT2D eigenvalue weighted by Gasteiger charge is 2.19. The summed E-state index contributed by atoms with van der Waals surface area (Å²) in [5.41, 5.74) is 8.34. The molecule has 21 heavy (non-hydrogen) atoms. The standard InChI is InChI=1S/C17H17FN2O/c1-10(2)9-14-16(20-21-17(14)19)13-7-8-15(18)12-6-4-3-5-11(12)13/h3-8,10H,9,19H2,1-2H3. The molecule has 2 aromatic carbocycles. The number of nitrogens with zero attached hydrogens (tertiary/aromatic N) is 1. The summed E-state index contributed by atoms with van der Waals surface area (Å²) >= 11 is 0. The van der Waals surface area contributed by atoms with E-state index >= 15 is 0 Å². The van der Waals surface area contributed by atoms with E-state index in [-0.39, 0.29) is 5.82 Å². The van der Waals surface area contributed by atoms with Crippen LogP contribution in [-0.4, -0.2) is 5.16 Å². The molecule has 0 fully saturated rings. The molecule has 3 rings (SSSR count). The number of hydrogen-bond acceptors (Lipinski definition) is 3. The van der Waals surface area contributed by atoms with Crippen LogP contribution in [0.4, 0.5) is 10.3 Å². The summed E-state index contributed by atoms with van der Waals surface area (Å²) in [5.74, 6) is 0.528. The van der Waals surface area contributed by atoms with Gasteiger partial charge < -0.3 is 10.3 Å². The first kappa shape index (κ1) is 13.6. The fourth-order valence-electron chi connectivity index (χ4n) is 2.61. The molecule has 108 valence electrons. The van der Waals surface area contributed by atoms with Gasteiger partial charge in [-0.05, 0) is 29.9 Å². The molecule has 2 N–H and O–H groups in total. The third kappa shape index (κ3) is 2.37. The van der Waals surface area contributed by atoms with Crippen molar-refractivity contribution in [3.63, 3.8) is 0 Å². The maximum atomic E-state index is 13.9. The first-order valence-electron chi connectivity index (χ1n) is 6.99. The molecular weight excluding hydrogens is 267 g/mol. The molecule has 0 bridgehead atoms. The zero-order valence-corrected chi connectivity index (χ0v) is 12.1. The van der Waals surface area contributed by atoms with Gasteiger partial charge in [0.25, 0.3) is 0 Å². The second kappa shape index (κ2) is 5.20. The molecule has 0 aliphatic rings. The smallest absolute Gasteiger partial charge is 0.225 e. The van der Waals surface area contributed by atoms with E-state index < -0.39 is 0 Å². The number of benzene rings is 2. The average Bonchev–Trinajstić information content (AvgIpc) is 2.81. The van der Waals surface area contributed by atoms with Crippen LogP contribution in [0.1, 0.15) is 19.4 Å². The van der Waals surface area contributed by atoms with Gasteiger partial charge in [-0.3, -0.25) is 0 Å². The Morgan fingerprint density at radius 3 is 2.57 bits per heavy atom. The molecule has 0 amide bonds. The van der Waals surface area contributed by atoms with Crippen LogP contribution in [0.2, 0.25) is 0 Å². The van der Waals surface area contributed by atoms with Crippen molar-refractivity contribution in [2.24, 2.45) is 5.92 Å². The van der Waals surface area contributed by atoms with Gasteiger partial charge in [-0.2, -0.15) is 0 Å². The summed E-state index contributed by atoms with van der Waals surface area (Å²) in [6, 6.07) is 10.6. The minimum Gasteiger partial charge on any atom is -0.367 e. The molecule has 0 unspecified atom stereocenters. The van der Waals surface area contributed by atoms with Crippen molar-refractivity contribution in [2.75, 3.05) is 5.73 Å². The Bertz CT molecular complexity index is 793. The van der Waals surface area contributed by atoms with Crippen LogP contribution in [0.5, 0.6) is 0 Å². The highest BCUT2D eigenvalue weighted by atomic mass is 19.1. The number of hydrogen-bond donors (Lipinski definition) is 1. The van der Waals surface area contributed by atoms with Gasteiger partial charge in [0, 0.05) is 16.5 Å². The van der Waals surface area contributed by atoms with Crippen molar-refractivity contribution in [2.45, 2.75) is 20.3 Å². The molecule has 0 saturated carbocycles. The summed E-state index contributed by atoms with van der Waals surface area (Å²) in [5, 5.41) is 5.49. The first-order chi connectivity index (χ1) is 10.1. The lowest BCUT2D eigenvalue weighted by Gasteiger charge is -2.08. The molecule has 3 nitrogen and oxygen atoms in total. The molecular formula is C17H17FN2O. The van der Waals surface area contributed by atoms with Gasteiger partial charge in [0.05, 0.1) is 0 Å². The molecule has 3 aromatic rings. The Labute approximate surface area is 122 Å². The normalized spacial score (nSPS) is 11.4. The Kier molecular flexibility index (Phi) is 3.37. The van der Waals surface area contributed by atoms with Crippen molar-refractivity contribution in [1.82, 2.24) is 5.16 Å². The zero-order chi connectivity index (χ0) is 15.0. The molecule has 1 aromatic heterocycles. The summed E-state index contributed by atoms with van der Waals surface area (Å²) < 4.78 is 19.1. The fourth-order valence-corrected chi connectivity index (χ4v) is 2.61. The van der Waals surface area contributed by atoms with Gasteiger partial charge in [-0.15, -0.1) is 0 Å². The summed E-state index contributed by atoms with van der Waals surface area (Å²) in [6.07, 6.45) is 0.774. The molecule has 0 spiro atoms. The van der Waals surface area contributed by atoms with Crippen molar-refractivity contribution in [1.29, 1.82) is 0 Å². The minimum absolute atomic E-state index is 0.240. The minimum atomic E-state index is -0.240. The predicted octanol–water partition coefficient (Wildman–Crippen LogP) is 4.41. The van der Waals surface area contributed by atoms with Crippen LogP contribution >= 0.6 is 0 Å². The van der Waals surface area contributed by atoms with Crippen molar-refractivity contribution >= 4 is 16.7 Å². The second-order valence-corrected chi connectivity index (χ2v) is 5.61. The van der Waals surface area contributed by atoms with E-state index in [9.17, 15) is 4.39 Å². The van der Waals surface area contributed by atoms with Crippen molar-refractivity contribution in [3.05, 3.63) is 47.8 Å². The lowest BCUT2D eigenvalue weighted by molar-refractivity contribution is 0.438.